The molecule has 0 atom stereocenters. The largest absolute Gasteiger partial charge is 0.457 e. The minimum Gasteiger partial charge on any atom is -0.457 e. The standard InChI is InChI=1S/C22H24N2O2/c1-13-14(2)22(26-20-10-6-8-18(24)12-20)16(4)15(3)21(13)25-19-9-5-7-17(23)11-19/h5-12H,23-24H2,1-4H3. The summed E-state index contributed by atoms with van der Waals surface area (Å²) in [5.74, 6) is 3.12. The first-order valence-electron chi connectivity index (χ1n) is 8.54. The van der Waals surface area contributed by atoms with E-state index < -0.39 is 0 Å². The van der Waals surface area contributed by atoms with Crippen LogP contribution in [-0.4, -0.2) is 0 Å². The lowest BCUT2D eigenvalue weighted by atomic mass is 9.98. The Morgan fingerprint density at radius 2 is 0.923 bits per heavy atom. The second kappa shape index (κ2) is 7.00. The molecule has 4 heteroatoms. The average Bonchev–Trinajstić information content (AvgIpc) is 2.61. The topological polar surface area (TPSA) is 70.5 Å². The van der Waals surface area contributed by atoms with Crippen LogP contribution in [0.1, 0.15) is 22.3 Å². The van der Waals surface area contributed by atoms with Crippen molar-refractivity contribution in [1.82, 2.24) is 0 Å². The molecule has 3 aromatic carbocycles. The monoisotopic (exact) mass is 348 g/mol. The van der Waals surface area contributed by atoms with Gasteiger partial charge in [-0.25, -0.2) is 0 Å². The van der Waals surface area contributed by atoms with Gasteiger partial charge in [0.05, 0.1) is 0 Å². The van der Waals surface area contributed by atoms with Gasteiger partial charge in [0.2, 0.25) is 0 Å². The van der Waals surface area contributed by atoms with Crippen LogP contribution in [0.5, 0.6) is 23.0 Å². The molecule has 3 rings (SSSR count). The van der Waals surface area contributed by atoms with Gasteiger partial charge in [-0.3, -0.25) is 0 Å². The highest BCUT2D eigenvalue weighted by Gasteiger charge is 2.18. The molecule has 4 N–H and O–H groups in total. The van der Waals surface area contributed by atoms with Crippen LogP contribution in [0, 0.1) is 27.7 Å². The highest BCUT2D eigenvalue weighted by atomic mass is 16.5. The molecule has 0 aromatic heterocycles. The molecule has 0 aliphatic heterocycles. The smallest absolute Gasteiger partial charge is 0.134 e. The van der Waals surface area contributed by atoms with E-state index in [1.807, 2.05) is 76.2 Å². The van der Waals surface area contributed by atoms with Gasteiger partial charge < -0.3 is 20.9 Å². The van der Waals surface area contributed by atoms with E-state index in [2.05, 4.69) is 0 Å². The molecular formula is C22H24N2O2. The first-order valence-corrected chi connectivity index (χ1v) is 8.54. The highest BCUT2D eigenvalue weighted by molar-refractivity contribution is 5.60. The van der Waals surface area contributed by atoms with Crippen molar-refractivity contribution >= 4 is 11.4 Å². The minimum atomic E-state index is 0.674. The zero-order valence-corrected chi connectivity index (χ0v) is 15.6. The van der Waals surface area contributed by atoms with Gasteiger partial charge in [0.1, 0.15) is 23.0 Å². The Bertz CT molecular complexity index is 857. The SMILES string of the molecule is Cc1c(C)c(Oc2cccc(N)c2)c(C)c(C)c1Oc1cccc(N)c1. The Labute approximate surface area is 154 Å². The molecule has 0 heterocycles. The Balaban J connectivity index is 2.02. The van der Waals surface area contributed by atoms with E-state index in [0.29, 0.717) is 11.4 Å². The summed E-state index contributed by atoms with van der Waals surface area (Å²) in [4.78, 5) is 0. The van der Waals surface area contributed by atoms with E-state index in [9.17, 15) is 0 Å². The molecule has 134 valence electrons. The maximum atomic E-state index is 6.15. The van der Waals surface area contributed by atoms with Crippen LogP contribution < -0.4 is 20.9 Å². The van der Waals surface area contributed by atoms with Crippen molar-refractivity contribution < 1.29 is 9.47 Å². The van der Waals surface area contributed by atoms with Gasteiger partial charge in [0.15, 0.2) is 0 Å². The summed E-state index contributed by atoms with van der Waals surface area (Å²) in [5, 5.41) is 0. The van der Waals surface area contributed by atoms with Crippen LogP contribution in [0.15, 0.2) is 48.5 Å². The fourth-order valence-corrected chi connectivity index (χ4v) is 2.94. The fraction of sp³-hybridized carbons (Fsp3) is 0.182. The van der Waals surface area contributed by atoms with Crippen molar-refractivity contribution in [2.75, 3.05) is 11.5 Å². The van der Waals surface area contributed by atoms with Gasteiger partial charge in [-0.05, 0) is 74.2 Å². The van der Waals surface area contributed by atoms with E-state index in [1.165, 1.54) is 0 Å². The van der Waals surface area contributed by atoms with Crippen LogP contribution in [0.25, 0.3) is 0 Å². The number of hydrogen-bond donors (Lipinski definition) is 2. The number of benzene rings is 3. The molecule has 26 heavy (non-hydrogen) atoms. The van der Waals surface area contributed by atoms with E-state index >= 15 is 0 Å². The Morgan fingerprint density at radius 3 is 1.23 bits per heavy atom. The predicted octanol–water partition coefficient (Wildman–Crippen LogP) is 5.67. The number of rotatable bonds is 4. The molecule has 4 nitrogen and oxygen atoms in total. The number of nitrogens with two attached hydrogens (primary N) is 2. The summed E-state index contributed by atoms with van der Waals surface area (Å²) in [6.45, 7) is 8.15. The second-order valence-corrected chi connectivity index (χ2v) is 6.51. The van der Waals surface area contributed by atoms with E-state index in [1.54, 1.807) is 0 Å². The van der Waals surface area contributed by atoms with Crippen LogP contribution in [0.3, 0.4) is 0 Å². The molecule has 0 spiro atoms. The molecule has 0 aliphatic rings. The van der Waals surface area contributed by atoms with Crippen molar-refractivity contribution in [3.8, 4) is 23.0 Å². The maximum Gasteiger partial charge on any atom is 0.134 e. The fourth-order valence-electron chi connectivity index (χ4n) is 2.94. The van der Waals surface area contributed by atoms with Gasteiger partial charge in [0.25, 0.3) is 0 Å². The normalized spacial score (nSPS) is 10.6. The van der Waals surface area contributed by atoms with Crippen molar-refractivity contribution in [2.24, 2.45) is 0 Å². The molecule has 0 aliphatic carbocycles. The minimum absolute atomic E-state index is 0.674. The summed E-state index contributed by atoms with van der Waals surface area (Å²) >= 11 is 0. The first kappa shape index (κ1) is 17.7. The number of anilines is 2. The summed E-state index contributed by atoms with van der Waals surface area (Å²) in [5.41, 5.74) is 17.2. The lowest BCUT2D eigenvalue weighted by Crippen LogP contribution is -2.01. The summed E-state index contributed by atoms with van der Waals surface area (Å²) in [6, 6.07) is 14.9. The molecule has 0 fully saturated rings. The molecule has 0 amide bonds. The third kappa shape index (κ3) is 3.45. The van der Waals surface area contributed by atoms with Gasteiger partial charge in [-0.2, -0.15) is 0 Å². The van der Waals surface area contributed by atoms with E-state index in [0.717, 1.165) is 45.3 Å². The van der Waals surface area contributed by atoms with Crippen molar-refractivity contribution in [2.45, 2.75) is 27.7 Å². The predicted molar refractivity (Wildman–Crippen MR) is 107 cm³/mol. The molecule has 0 saturated heterocycles. The average molecular weight is 348 g/mol. The van der Waals surface area contributed by atoms with E-state index in [4.69, 9.17) is 20.9 Å². The lowest BCUT2D eigenvalue weighted by Gasteiger charge is -2.21. The second-order valence-electron chi connectivity index (χ2n) is 6.51. The molecule has 0 unspecified atom stereocenters. The third-order valence-corrected chi connectivity index (χ3v) is 4.64. The van der Waals surface area contributed by atoms with Crippen LogP contribution >= 0.6 is 0 Å². The summed E-state index contributed by atoms with van der Waals surface area (Å²) < 4.78 is 12.3. The molecule has 0 saturated carbocycles. The van der Waals surface area contributed by atoms with Gasteiger partial charge >= 0.3 is 0 Å². The Hall–Kier alpha value is -3.14. The van der Waals surface area contributed by atoms with Crippen LogP contribution in [0.4, 0.5) is 11.4 Å². The lowest BCUT2D eigenvalue weighted by molar-refractivity contribution is 0.456. The van der Waals surface area contributed by atoms with Crippen molar-refractivity contribution in [1.29, 1.82) is 0 Å². The summed E-state index contributed by atoms with van der Waals surface area (Å²) in [6.07, 6.45) is 0. The maximum absolute atomic E-state index is 6.15. The number of nitrogen functional groups attached to an aromatic ring is 2. The molecular weight excluding hydrogens is 324 g/mol. The Kier molecular flexibility index (Phi) is 4.76. The van der Waals surface area contributed by atoms with Crippen LogP contribution in [-0.2, 0) is 0 Å². The third-order valence-electron chi connectivity index (χ3n) is 4.64. The van der Waals surface area contributed by atoms with Gasteiger partial charge in [-0.15, -0.1) is 0 Å². The van der Waals surface area contributed by atoms with Crippen LogP contribution in [0.2, 0.25) is 0 Å². The first-order chi connectivity index (χ1) is 12.4. The van der Waals surface area contributed by atoms with E-state index in [-0.39, 0.29) is 0 Å². The van der Waals surface area contributed by atoms with Crippen molar-refractivity contribution in [3.63, 3.8) is 0 Å². The summed E-state index contributed by atoms with van der Waals surface area (Å²) in [7, 11) is 0. The number of hydrogen-bond acceptors (Lipinski definition) is 4. The van der Waals surface area contributed by atoms with Crippen molar-refractivity contribution in [3.05, 3.63) is 70.8 Å². The highest BCUT2D eigenvalue weighted by Crippen LogP contribution is 2.41. The molecule has 0 bridgehead atoms. The number of ether oxygens (including phenoxy) is 2. The Morgan fingerprint density at radius 1 is 0.577 bits per heavy atom. The van der Waals surface area contributed by atoms with Gasteiger partial charge in [0, 0.05) is 23.5 Å². The zero-order chi connectivity index (χ0) is 18.8. The quantitative estimate of drug-likeness (QED) is 0.596. The van der Waals surface area contributed by atoms with Gasteiger partial charge in [-0.1, -0.05) is 12.1 Å². The zero-order valence-electron chi connectivity index (χ0n) is 15.6. The molecule has 0 radical (unpaired) electrons. The molecule has 3 aromatic rings.